The number of carbonyl (C=O) groups excluding carboxylic acids is 1. The first-order valence-electron chi connectivity index (χ1n) is 9.33. The SMILES string of the molecule is CC(Sc1nc2ccccc2c(=O)n1-c1ccc(F)cc1)C(=O)Nc1ccccc1. The lowest BCUT2D eigenvalue weighted by molar-refractivity contribution is -0.115. The minimum Gasteiger partial charge on any atom is -0.325 e. The number of rotatable bonds is 5. The largest absolute Gasteiger partial charge is 0.325 e. The fourth-order valence-electron chi connectivity index (χ4n) is 2.99. The molecule has 1 aromatic heterocycles. The number of nitrogens with zero attached hydrogens (tertiary/aromatic N) is 2. The normalized spacial score (nSPS) is 11.9. The molecular weight excluding hydrogens is 401 g/mol. The molecule has 1 heterocycles. The van der Waals surface area contributed by atoms with E-state index in [2.05, 4.69) is 10.3 Å². The second kappa shape index (κ2) is 8.51. The van der Waals surface area contributed by atoms with Gasteiger partial charge in [0, 0.05) is 5.69 Å². The van der Waals surface area contributed by atoms with Crippen molar-refractivity contribution in [3.63, 3.8) is 0 Å². The predicted octanol–water partition coefficient (Wildman–Crippen LogP) is 4.64. The number of fused-ring (bicyclic) bond motifs is 1. The van der Waals surface area contributed by atoms with Crippen molar-refractivity contribution in [3.05, 3.63) is 95.0 Å². The summed E-state index contributed by atoms with van der Waals surface area (Å²) in [6, 6.07) is 21.8. The Balaban J connectivity index is 1.73. The summed E-state index contributed by atoms with van der Waals surface area (Å²) in [6.07, 6.45) is 0. The van der Waals surface area contributed by atoms with Crippen molar-refractivity contribution in [3.8, 4) is 5.69 Å². The minimum absolute atomic E-state index is 0.209. The summed E-state index contributed by atoms with van der Waals surface area (Å²) in [5.74, 6) is -0.607. The molecule has 0 saturated carbocycles. The van der Waals surface area contributed by atoms with Gasteiger partial charge in [0.15, 0.2) is 5.16 Å². The number of para-hydroxylation sites is 2. The minimum atomic E-state index is -0.523. The lowest BCUT2D eigenvalue weighted by atomic mass is 10.2. The molecule has 0 fully saturated rings. The summed E-state index contributed by atoms with van der Waals surface area (Å²) in [4.78, 5) is 30.5. The van der Waals surface area contributed by atoms with Gasteiger partial charge in [-0.1, -0.05) is 42.1 Å². The summed E-state index contributed by atoms with van der Waals surface area (Å²) >= 11 is 1.17. The van der Waals surface area contributed by atoms with Crippen molar-refractivity contribution in [1.82, 2.24) is 9.55 Å². The van der Waals surface area contributed by atoms with Crippen LogP contribution >= 0.6 is 11.8 Å². The lowest BCUT2D eigenvalue weighted by Crippen LogP contribution is -2.26. The Kier molecular flexibility index (Phi) is 5.63. The number of halogens is 1. The molecule has 0 saturated heterocycles. The molecule has 0 aliphatic carbocycles. The Morgan fingerprint density at radius 2 is 1.67 bits per heavy atom. The highest BCUT2D eigenvalue weighted by Gasteiger charge is 2.20. The molecule has 1 N–H and O–H groups in total. The van der Waals surface area contributed by atoms with Gasteiger partial charge >= 0.3 is 0 Å². The van der Waals surface area contributed by atoms with Gasteiger partial charge in [0.2, 0.25) is 5.91 Å². The molecule has 3 aromatic carbocycles. The van der Waals surface area contributed by atoms with Crippen LogP contribution in [-0.4, -0.2) is 20.7 Å². The van der Waals surface area contributed by atoms with Crippen molar-refractivity contribution in [2.24, 2.45) is 0 Å². The van der Waals surface area contributed by atoms with Gasteiger partial charge in [-0.3, -0.25) is 14.2 Å². The maximum absolute atomic E-state index is 13.4. The molecule has 0 spiro atoms. The van der Waals surface area contributed by atoms with E-state index in [4.69, 9.17) is 0 Å². The summed E-state index contributed by atoms with van der Waals surface area (Å²) in [7, 11) is 0. The number of carbonyl (C=O) groups is 1. The number of hydrogen-bond acceptors (Lipinski definition) is 4. The number of hydrogen-bond donors (Lipinski definition) is 1. The van der Waals surface area contributed by atoms with E-state index >= 15 is 0 Å². The van der Waals surface area contributed by atoms with Crippen LogP contribution in [0.4, 0.5) is 10.1 Å². The lowest BCUT2D eigenvalue weighted by Gasteiger charge is -2.16. The molecule has 1 atom stereocenters. The van der Waals surface area contributed by atoms with E-state index in [1.807, 2.05) is 18.2 Å². The number of nitrogens with one attached hydrogen (secondary N) is 1. The van der Waals surface area contributed by atoms with Crippen LogP contribution in [0.25, 0.3) is 16.6 Å². The standard InChI is InChI=1S/C23H18FN3O2S/c1-15(21(28)25-17-7-3-2-4-8-17)30-23-26-20-10-6-5-9-19(20)22(29)27(23)18-13-11-16(24)12-14-18/h2-15H,1H3,(H,25,28). The Morgan fingerprint density at radius 1 is 1.00 bits per heavy atom. The summed E-state index contributed by atoms with van der Waals surface area (Å²) < 4.78 is 14.8. The third kappa shape index (κ3) is 4.11. The fourth-order valence-corrected chi connectivity index (χ4v) is 3.91. The van der Waals surface area contributed by atoms with Crippen molar-refractivity contribution >= 4 is 34.3 Å². The average Bonchev–Trinajstić information content (AvgIpc) is 2.76. The molecule has 7 heteroatoms. The number of amides is 1. The van der Waals surface area contributed by atoms with Crippen molar-refractivity contribution in [2.45, 2.75) is 17.3 Å². The molecular formula is C23H18FN3O2S. The number of thioether (sulfide) groups is 1. The van der Waals surface area contributed by atoms with Crippen LogP contribution in [0, 0.1) is 5.82 Å². The second-order valence-corrected chi connectivity index (χ2v) is 7.95. The fraction of sp³-hybridized carbons (Fsp3) is 0.0870. The Hall–Kier alpha value is -3.45. The zero-order valence-corrected chi connectivity index (χ0v) is 16.9. The van der Waals surface area contributed by atoms with Crippen LogP contribution in [0.2, 0.25) is 0 Å². The average molecular weight is 419 g/mol. The summed E-state index contributed by atoms with van der Waals surface area (Å²) in [5.41, 5.74) is 1.44. The molecule has 1 amide bonds. The molecule has 150 valence electrons. The summed E-state index contributed by atoms with van der Waals surface area (Å²) in [6.45, 7) is 1.75. The van der Waals surface area contributed by atoms with Gasteiger partial charge in [0.25, 0.3) is 5.56 Å². The van der Waals surface area contributed by atoms with Crippen molar-refractivity contribution in [2.75, 3.05) is 5.32 Å². The molecule has 1 unspecified atom stereocenters. The Labute approximate surface area is 176 Å². The third-order valence-electron chi connectivity index (χ3n) is 4.52. The second-order valence-electron chi connectivity index (χ2n) is 6.64. The number of benzene rings is 3. The van der Waals surface area contributed by atoms with Gasteiger partial charge in [-0.15, -0.1) is 0 Å². The molecule has 5 nitrogen and oxygen atoms in total. The van der Waals surface area contributed by atoms with E-state index < -0.39 is 11.1 Å². The van der Waals surface area contributed by atoms with E-state index in [1.165, 1.54) is 40.6 Å². The monoisotopic (exact) mass is 419 g/mol. The molecule has 0 aliphatic heterocycles. The molecule has 4 rings (SSSR count). The van der Waals surface area contributed by atoms with E-state index in [-0.39, 0.29) is 11.5 Å². The first-order valence-corrected chi connectivity index (χ1v) is 10.2. The highest BCUT2D eigenvalue weighted by atomic mass is 32.2. The van der Waals surface area contributed by atoms with Crippen LogP contribution < -0.4 is 10.9 Å². The molecule has 0 radical (unpaired) electrons. The van der Waals surface area contributed by atoms with Crippen LogP contribution in [-0.2, 0) is 4.79 Å². The highest BCUT2D eigenvalue weighted by molar-refractivity contribution is 8.00. The van der Waals surface area contributed by atoms with Crippen molar-refractivity contribution < 1.29 is 9.18 Å². The summed E-state index contributed by atoms with van der Waals surface area (Å²) in [5, 5.41) is 3.15. The van der Waals surface area contributed by atoms with Crippen molar-refractivity contribution in [1.29, 1.82) is 0 Å². The van der Waals surface area contributed by atoms with Gasteiger partial charge < -0.3 is 5.32 Å². The molecule has 30 heavy (non-hydrogen) atoms. The first kappa shape index (κ1) is 19.8. The van der Waals surface area contributed by atoms with Gasteiger partial charge in [0.1, 0.15) is 5.82 Å². The Morgan fingerprint density at radius 3 is 2.40 bits per heavy atom. The Bertz CT molecular complexity index is 1260. The predicted molar refractivity (Wildman–Crippen MR) is 118 cm³/mol. The third-order valence-corrected chi connectivity index (χ3v) is 5.57. The zero-order valence-electron chi connectivity index (χ0n) is 16.1. The molecule has 4 aromatic rings. The van der Waals surface area contributed by atoms with Crippen LogP contribution in [0.1, 0.15) is 6.92 Å². The van der Waals surface area contributed by atoms with E-state index in [9.17, 15) is 14.0 Å². The maximum Gasteiger partial charge on any atom is 0.266 e. The molecule has 0 bridgehead atoms. The van der Waals surface area contributed by atoms with Gasteiger partial charge in [0.05, 0.1) is 21.8 Å². The smallest absolute Gasteiger partial charge is 0.266 e. The molecule has 0 aliphatic rings. The first-order chi connectivity index (χ1) is 14.5. The zero-order chi connectivity index (χ0) is 21.1. The van der Waals surface area contributed by atoms with Crippen LogP contribution in [0.3, 0.4) is 0 Å². The quantitative estimate of drug-likeness (QED) is 0.378. The number of anilines is 1. The topological polar surface area (TPSA) is 64.0 Å². The van der Waals surface area contributed by atoms with E-state index in [1.54, 1.807) is 43.3 Å². The van der Waals surface area contributed by atoms with Gasteiger partial charge in [-0.25, -0.2) is 9.37 Å². The van der Waals surface area contributed by atoms with Crippen LogP contribution in [0.5, 0.6) is 0 Å². The van der Waals surface area contributed by atoms with Crippen LogP contribution in [0.15, 0.2) is 88.8 Å². The van der Waals surface area contributed by atoms with E-state index in [0.29, 0.717) is 27.4 Å². The van der Waals surface area contributed by atoms with E-state index in [0.717, 1.165) is 0 Å². The number of aromatic nitrogens is 2. The highest BCUT2D eigenvalue weighted by Crippen LogP contribution is 2.26. The van der Waals surface area contributed by atoms with Gasteiger partial charge in [-0.05, 0) is 55.5 Å². The van der Waals surface area contributed by atoms with Gasteiger partial charge in [-0.2, -0.15) is 0 Å². The maximum atomic E-state index is 13.4.